The number of amides is 1. The number of benzene rings is 2. The van der Waals surface area contributed by atoms with Gasteiger partial charge in [-0.25, -0.2) is 9.82 Å². The van der Waals surface area contributed by atoms with Gasteiger partial charge in [0.1, 0.15) is 17.3 Å². The number of carbonyl (C=O) groups excluding carboxylic acids is 1. The number of anilines is 1. The van der Waals surface area contributed by atoms with Crippen molar-refractivity contribution in [3.05, 3.63) is 53.8 Å². The maximum atomic E-state index is 12.8. The van der Waals surface area contributed by atoms with Crippen molar-refractivity contribution < 1.29 is 19.0 Å². The van der Waals surface area contributed by atoms with Crippen molar-refractivity contribution in [2.45, 2.75) is 13.3 Å². The number of ether oxygens (including phenoxy) is 1. The highest BCUT2D eigenvalue weighted by atomic mass is 19.1. The first-order valence-electron chi connectivity index (χ1n) is 7.85. The molecule has 1 amide bonds. The van der Waals surface area contributed by atoms with E-state index < -0.39 is 0 Å². The lowest BCUT2D eigenvalue weighted by Crippen LogP contribution is -2.25. The van der Waals surface area contributed by atoms with Crippen LogP contribution in [-0.2, 0) is 4.79 Å². The van der Waals surface area contributed by atoms with Gasteiger partial charge in [-0.15, -0.1) is 0 Å². The summed E-state index contributed by atoms with van der Waals surface area (Å²) in [6.07, 6.45) is 2.22. The van der Waals surface area contributed by atoms with Gasteiger partial charge in [-0.05, 0) is 42.8 Å². The summed E-state index contributed by atoms with van der Waals surface area (Å²) in [5.74, 6) is -0.131. The lowest BCUT2D eigenvalue weighted by atomic mass is 10.2. The third-order valence-electron chi connectivity index (χ3n) is 3.16. The molecule has 0 aromatic heterocycles. The Balaban J connectivity index is 1.81. The highest BCUT2D eigenvalue weighted by Crippen LogP contribution is 2.22. The molecular formula is C18H20FN3O3. The van der Waals surface area contributed by atoms with Gasteiger partial charge in [0.15, 0.2) is 0 Å². The first kappa shape index (κ1) is 18.3. The molecule has 0 heterocycles. The molecule has 0 bridgehead atoms. The number of rotatable bonds is 8. The molecule has 0 aliphatic heterocycles. The number of aromatic hydroxyl groups is 1. The Morgan fingerprint density at radius 1 is 1.28 bits per heavy atom. The number of nitrogens with zero attached hydrogens (tertiary/aromatic N) is 1. The topological polar surface area (TPSA) is 83.0 Å². The molecule has 2 aromatic carbocycles. The summed E-state index contributed by atoms with van der Waals surface area (Å²) in [5, 5.41) is 16.5. The maximum absolute atomic E-state index is 12.8. The number of halogens is 1. The van der Waals surface area contributed by atoms with E-state index in [-0.39, 0.29) is 24.0 Å². The number of nitrogens with one attached hydrogen (secondary N) is 2. The first-order valence-corrected chi connectivity index (χ1v) is 7.85. The molecule has 0 aliphatic carbocycles. The number of hydrazone groups is 1. The fraction of sp³-hybridized carbons (Fsp3) is 0.222. The fourth-order valence-corrected chi connectivity index (χ4v) is 1.91. The van der Waals surface area contributed by atoms with Gasteiger partial charge in [0, 0.05) is 17.3 Å². The predicted molar refractivity (Wildman–Crippen MR) is 94.5 cm³/mol. The van der Waals surface area contributed by atoms with Gasteiger partial charge in [-0.2, -0.15) is 5.10 Å². The Hall–Kier alpha value is -3.09. The smallest absolute Gasteiger partial charge is 0.259 e. The highest BCUT2D eigenvalue weighted by Gasteiger charge is 2.03. The van der Waals surface area contributed by atoms with Crippen LogP contribution >= 0.6 is 0 Å². The third-order valence-corrected chi connectivity index (χ3v) is 3.16. The van der Waals surface area contributed by atoms with Crippen molar-refractivity contribution in [3.8, 4) is 11.5 Å². The molecule has 6 nitrogen and oxygen atoms in total. The van der Waals surface area contributed by atoms with E-state index in [1.165, 1.54) is 36.5 Å². The SMILES string of the molecule is CCCOc1ccc(/C=N\NC(=O)CNc2ccc(F)cc2)c(O)c1. The molecule has 0 fully saturated rings. The van der Waals surface area contributed by atoms with Crippen LogP contribution in [0.2, 0.25) is 0 Å². The molecule has 0 unspecified atom stereocenters. The number of carbonyl (C=O) groups is 1. The Bertz CT molecular complexity index is 733. The second-order valence-electron chi connectivity index (χ2n) is 5.22. The van der Waals surface area contributed by atoms with Crippen LogP contribution < -0.4 is 15.5 Å². The van der Waals surface area contributed by atoms with Crippen molar-refractivity contribution in [1.82, 2.24) is 5.43 Å². The molecule has 0 saturated carbocycles. The number of hydrogen-bond acceptors (Lipinski definition) is 5. The molecule has 3 N–H and O–H groups in total. The Morgan fingerprint density at radius 2 is 2.04 bits per heavy atom. The molecule has 0 saturated heterocycles. The van der Waals surface area contributed by atoms with Crippen LogP contribution in [-0.4, -0.2) is 30.4 Å². The van der Waals surface area contributed by atoms with Gasteiger partial charge < -0.3 is 15.2 Å². The van der Waals surface area contributed by atoms with Crippen molar-refractivity contribution in [3.63, 3.8) is 0 Å². The average Bonchev–Trinajstić information content (AvgIpc) is 2.61. The second-order valence-corrected chi connectivity index (χ2v) is 5.22. The maximum Gasteiger partial charge on any atom is 0.259 e. The van der Waals surface area contributed by atoms with Crippen molar-refractivity contribution >= 4 is 17.8 Å². The molecule has 7 heteroatoms. The average molecular weight is 345 g/mol. The lowest BCUT2D eigenvalue weighted by Gasteiger charge is -2.06. The standard InChI is InChI=1S/C18H20FN3O3/c1-2-9-25-16-8-3-13(17(23)10-16)11-21-22-18(24)12-20-15-6-4-14(19)5-7-15/h3-8,10-11,20,23H,2,9,12H2,1H3,(H,22,24)/b21-11-. The van der Waals surface area contributed by atoms with Crippen LogP contribution in [0.3, 0.4) is 0 Å². The summed E-state index contributed by atoms with van der Waals surface area (Å²) in [6, 6.07) is 10.5. The van der Waals surface area contributed by atoms with Gasteiger partial charge >= 0.3 is 0 Å². The summed E-state index contributed by atoms with van der Waals surface area (Å²) >= 11 is 0. The minimum absolute atomic E-state index is 0.0102. The van der Waals surface area contributed by atoms with E-state index in [1.807, 2.05) is 6.92 Å². The monoisotopic (exact) mass is 345 g/mol. The zero-order valence-corrected chi connectivity index (χ0v) is 13.8. The Labute approximate surface area is 145 Å². The zero-order valence-electron chi connectivity index (χ0n) is 13.8. The number of phenols is 1. The van der Waals surface area contributed by atoms with Crippen LogP contribution in [0.4, 0.5) is 10.1 Å². The van der Waals surface area contributed by atoms with Crippen molar-refractivity contribution in [1.29, 1.82) is 0 Å². The minimum Gasteiger partial charge on any atom is -0.507 e. The van der Waals surface area contributed by atoms with Crippen LogP contribution in [0.5, 0.6) is 11.5 Å². The lowest BCUT2D eigenvalue weighted by molar-refractivity contribution is -0.119. The van der Waals surface area contributed by atoms with E-state index in [4.69, 9.17) is 4.74 Å². The van der Waals surface area contributed by atoms with Gasteiger partial charge in [-0.3, -0.25) is 4.79 Å². The Kier molecular flexibility index (Phi) is 6.76. The summed E-state index contributed by atoms with van der Waals surface area (Å²) in [7, 11) is 0. The highest BCUT2D eigenvalue weighted by molar-refractivity contribution is 5.86. The molecule has 0 radical (unpaired) electrons. The Morgan fingerprint density at radius 3 is 2.72 bits per heavy atom. The van der Waals surface area contributed by atoms with Crippen molar-refractivity contribution in [2.75, 3.05) is 18.5 Å². The fourth-order valence-electron chi connectivity index (χ4n) is 1.91. The van der Waals surface area contributed by atoms with Gasteiger partial charge in [0.2, 0.25) is 0 Å². The van der Waals surface area contributed by atoms with E-state index in [2.05, 4.69) is 15.8 Å². The van der Waals surface area contributed by atoms with E-state index in [0.29, 0.717) is 23.6 Å². The van der Waals surface area contributed by atoms with E-state index in [1.54, 1.807) is 12.1 Å². The number of hydrogen-bond donors (Lipinski definition) is 3. The summed E-state index contributed by atoms with van der Waals surface area (Å²) < 4.78 is 18.2. The van der Waals surface area contributed by atoms with Gasteiger partial charge in [0.05, 0.1) is 19.4 Å². The largest absolute Gasteiger partial charge is 0.507 e. The summed E-state index contributed by atoms with van der Waals surface area (Å²) in [6.45, 7) is 2.55. The van der Waals surface area contributed by atoms with Crippen LogP contribution in [0.25, 0.3) is 0 Å². The normalized spacial score (nSPS) is 10.6. The zero-order chi connectivity index (χ0) is 18.1. The molecule has 0 atom stereocenters. The summed E-state index contributed by atoms with van der Waals surface area (Å²) in [4.78, 5) is 11.7. The van der Waals surface area contributed by atoms with E-state index in [9.17, 15) is 14.3 Å². The molecule has 2 aromatic rings. The molecule has 0 spiro atoms. The van der Waals surface area contributed by atoms with Crippen LogP contribution in [0.1, 0.15) is 18.9 Å². The first-order chi connectivity index (χ1) is 12.1. The quantitative estimate of drug-likeness (QED) is 0.507. The molecular weight excluding hydrogens is 325 g/mol. The second kappa shape index (κ2) is 9.27. The van der Waals surface area contributed by atoms with Crippen molar-refractivity contribution in [2.24, 2.45) is 5.10 Å². The number of phenolic OH excluding ortho intramolecular Hbond substituents is 1. The van der Waals surface area contributed by atoms with Crippen LogP contribution in [0.15, 0.2) is 47.6 Å². The molecule has 25 heavy (non-hydrogen) atoms. The molecule has 0 aliphatic rings. The van der Waals surface area contributed by atoms with Gasteiger partial charge in [-0.1, -0.05) is 6.92 Å². The van der Waals surface area contributed by atoms with Crippen LogP contribution in [0, 0.1) is 5.82 Å². The predicted octanol–water partition coefficient (Wildman–Crippen LogP) is 2.88. The third kappa shape index (κ3) is 6.14. The summed E-state index contributed by atoms with van der Waals surface area (Å²) in [5.41, 5.74) is 3.42. The van der Waals surface area contributed by atoms with E-state index >= 15 is 0 Å². The minimum atomic E-state index is -0.372. The molecule has 2 rings (SSSR count). The van der Waals surface area contributed by atoms with Gasteiger partial charge in [0.25, 0.3) is 5.91 Å². The molecule has 132 valence electrons. The van der Waals surface area contributed by atoms with E-state index in [0.717, 1.165) is 6.42 Å².